The van der Waals surface area contributed by atoms with Crippen molar-refractivity contribution < 1.29 is 8.78 Å². The first-order valence-corrected chi connectivity index (χ1v) is 12.7. The fourth-order valence-electron chi connectivity index (χ4n) is 4.96. The topological polar surface area (TPSA) is 92.1 Å². The Labute approximate surface area is 204 Å². The Morgan fingerprint density at radius 1 is 1.17 bits per heavy atom. The van der Waals surface area contributed by atoms with Gasteiger partial charge in [0.25, 0.3) is 11.5 Å². The molecule has 0 radical (unpaired) electrons. The number of benzene rings is 1. The van der Waals surface area contributed by atoms with Crippen LogP contribution in [0.5, 0.6) is 0 Å². The highest BCUT2D eigenvalue weighted by molar-refractivity contribution is 7.16. The SMILES string of the molecule is CN1CCN(c2ccc3nc(-c4c(NC5CCNCC5(F)F)c5ccsc5[nH]c4=O)[nH]c3c2)CC1. The molecule has 8 nitrogen and oxygen atoms in total. The second kappa shape index (κ2) is 8.58. The van der Waals surface area contributed by atoms with E-state index in [1.165, 1.54) is 11.3 Å². The van der Waals surface area contributed by atoms with Gasteiger partial charge < -0.3 is 30.4 Å². The molecule has 0 bridgehead atoms. The number of rotatable bonds is 4. The number of pyridine rings is 1. The molecule has 5 heterocycles. The first-order chi connectivity index (χ1) is 16.9. The molecule has 1 atom stereocenters. The molecule has 1 aromatic carbocycles. The van der Waals surface area contributed by atoms with Crippen LogP contribution >= 0.6 is 11.3 Å². The van der Waals surface area contributed by atoms with Crippen molar-refractivity contribution in [1.29, 1.82) is 0 Å². The zero-order valence-corrected chi connectivity index (χ0v) is 20.1. The van der Waals surface area contributed by atoms with Crippen molar-refractivity contribution in [3.63, 3.8) is 0 Å². The van der Waals surface area contributed by atoms with Gasteiger partial charge in [0.15, 0.2) is 0 Å². The molecule has 6 rings (SSSR count). The number of aromatic nitrogens is 3. The Bertz CT molecular complexity index is 1440. The predicted octanol–water partition coefficient (Wildman–Crippen LogP) is 3.29. The number of piperidine rings is 1. The zero-order valence-electron chi connectivity index (χ0n) is 19.3. The second-order valence-electron chi connectivity index (χ2n) is 9.37. The van der Waals surface area contributed by atoms with Crippen LogP contribution < -0.4 is 21.1 Å². The fraction of sp³-hybridized carbons (Fsp3) is 0.417. The average Bonchev–Trinajstić information content (AvgIpc) is 3.47. The van der Waals surface area contributed by atoms with Gasteiger partial charge in [-0.15, -0.1) is 11.3 Å². The van der Waals surface area contributed by atoms with Crippen LogP contribution in [0.1, 0.15) is 6.42 Å². The molecule has 0 amide bonds. The summed E-state index contributed by atoms with van der Waals surface area (Å²) >= 11 is 1.37. The molecule has 4 aromatic rings. The molecule has 2 aliphatic rings. The number of fused-ring (bicyclic) bond motifs is 2. The number of imidazole rings is 1. The summed E-state index contributed by atoms with van der Waals surface area (Å²) in [5.74, 6) is -2.57. The first kappa shape index (κ1) is 22.4. The van der Waals surface area contributed by atoms with Crippen molar-refractivity contribution in [2.75, 3.05) is 56.5 Å². The van der Waals surface area contributed by atoms with Crippen molar-refractivity contribution in [1.82, 2.24) is 25.2 Å². The van der Waals surface area contributed by atoms with Crippen LogP contribution in [-0.4, -0.2) is 78.1 Å². The van der Waals surface area contributed by atoms with E-state index < -0.39 is 18.5 Å². The third-order valence-corrected chi connectivity index (χ3v) is 7.84. The van der Waals surface area contributed by atoms with E-state index in [1.54, 1.807) is 0 Å². The number of anilines is 2. The molecule has 2 saturated heterocycles. The molecule has 0 saturated carbocycles. The van der Waals surface area contributed by atoms with E-state index in [0.717, 1.165) is 42.9 Å². The van der Waals surface area contributed by atoms with Crippen molar-refractivity contribution in [3.8, 4) is 11.4 Å². The summed E-state index contributed by atoms with van der Waals surface area (Å²) in [4.78, 5) is 29.4. The summed E-state index contributed by atoms with van der Waals surface area (Å²) in [6.07, 6.45) is 0.249. The Morgan fingerprint density at radius 3 is 2.80 bits per heavy atom. The van der Waals surface area contributed by atoms with Gasteiger partial charge in [-0.1, -0.05) is 0 Å². The maximum absolute atomic E-state index is 14.7. The van der Waals surface area contributed by atoms with E-state index in [-0.39, 0.29) is 17.5 Å². The highest BCUT2D eigenvalue weighted by atomic mass is 32.1. The number of nitrogens with one attached hydrogen (secondary N) is 4. The Hall–Kier alpha value is -3.02. The quantitative estimate of drug-likeness (QED) is 0.345. The maximum Gasteiger partial charge on any atom is 0.279 e. The molecule has 11 heteroatoms. The number of likely N-dealkylation sites (N-methyl/N-ethyl adjacent to an activating group) is 1. The molecule has 0 aliphatic carbocycles. The number of alkyl halides is 2. The standard InChI is InChI=1S/C24H27F2N7OS/c1-32-7-9-33(10-8-32)14-2-3-16-17(12-14)29-21(28-16)19-20(15-5-11-35-23(15)31-22(19)34)30-18-4-6-27-13-24(18,25)26/h2-3,5,11-12,18,27H,4,6-10,13H2,1H3,(H,28,29)(H2,30,31,34). The van der Waals surface area contributed by atoms with Crippen LogP contribution in [0.3, 0.4) is 0 Å². The Kier molecular flexibility index (Phi) is 5.50. The van der Waals surface area contributed by atoms with E-state index in [2.05, 4.69) is 42.4 Å². The van der Waals surface area contributed by atoms with Gasteiger partial charge in [0.2, 0.25) is 0 Å². The third kappa shape index (κ3) is 4.07. The summed E-state index contributed by atoms with van der Waals surface area (Å²) in [7, 11) is 2.12. The average molecular weight is 500 g/mol. The minimum absolute atomic E-state index is 0.249. The van der Waals surface area contributed by atoms with E-state index in [4.69, 9.17) is 0 Å². The van der Waals surface area contributed by atoms with Gasteiger partial charge in [-0.05, 0) is 49.7 Å². The molecular formula is C24H27F2N7OS. The van der Waals surface area contributed by atoms with Crippen molar-refractivity contribution in [3.05, 3.63) is 40.0 Å². The molecule has 184 valence electrons. The second-order valence-corrected chi connectivity index (χ2v) is 10.3. The highest BCUT2D eigenvalue weighted by Gasteiger charge is 2.42. The van der Waals surface area contributed by atoms with Crippen LogP contribution in [-0.2, 0) is 0 Å². The summed E-state index contributed by atoms with van der Waals surface area (Å²) in [5.41, 5.74) is 2.91. The van der Waals surface area contributed by atoms with Crippen molar-refractivity contribution in [2.24, 2.45) is 0 Å². The number of thiophene rings is 1. The van der Waals surface area contributed by atoms with Gasteiger partial charge >= 0.3 is 0 Å². The van der Waals surface area contributed by atoms with Crippen LogP contribution in [0, 0.1) is 0 Å². The van der Waals surface area contributed by atoms with Crippen LogP contribution in [0.25, 0.3) is 32.6 Å². The van der Waals surface area contributed by atoms with Gasteiger partial charge in [-0.3, -0.25) is 4.79 Å². The normalized spacial score (nSPS) is 21.1. The lowest BCUT2D eigenvalue weighted by atomic mass is 10.0. The number of nitrogens with zero attached hydrogens (tertiary/aromatic N) is 3. The maximum atomic E-state index is 14.7. The molecule has 1 unspecified atom stereocenters. The largest absolute Gasteiger partial charge is 0.375 e. The summed E-state index contributed by atoms with van der Waals surface area (Å²) in [6, 6.07) is 6.78. The smallest absolute Gasteiger partial charge is 0.279 e. The van der Waals surface area contributed by atoms with E-state index >= 15 is 0 Å². The van der Waals surface area contributed by atoms with Crippen molar-refractivity contribution in [2.45, 2.75) is 18.4 Å². The van der Waals surface area contributed by atoms with Gasteiger partial charge in [0, 0.05) is 37.3 Å². The zero-order chi connectivity index (χ0) is 24.2. The number of halogens is 2. The van der Waals surface area contributed by atoms with Gasteiger partial charge in [0.05, 0.1) is 29.3 Å². The van der Waals surface area contributed by atoms with Crippen LogP contribution in [0.15, 0.2) is 34.4 Å². The molecular weight excluding hydrogens is 472 g/mol. The summed E-state index contributed by atoms with van der Waals surface area (Å²) in [6.45, 7) is 3.97. The van der Waals surface area contributed by atoms with E-state index in [1.807, 2.05) is 29.6 Å². The van der Waals surface area contributed by atoms with Crippen LogP contribution in [0.2, 0.25) is 0 Å². The minimum Gasteiger partial charge on any atom is -0.375 e. The Morgan fingerprint density at radius 2 is 2.00 bits per heavy atom. The van der Waals surface area contributed by atoms with E-state index in [0.29, 0.717) is 28.3 Å². The minimum atomic E-state index is -2.94. The number of hydrogen-bond donors (Lipinski definition) is 4. The first-order valence-electron chi connectivity index (χ1n) is 11.8. The Balaban J connectivity index is 1.43. The number of hydrogen-bond acceptors (Lipinski definition) is 7. The van der Waals surface area contributed by atoms with E-state index in [9.17, 15) is 13.6 Å². The number of aromatic amines is 2. The number of piperazine rings is 1. The molecule has 4 N–H and O–H groups in total. The monoisotopic (exact) mass is 499 g/mol. The fourth-order valence-corrected chi connectivity index (χ4v) is 5.75. The van der Waals surface area contributed by atoms with Crippen molar-refractivity contribution >= 4 is 44.0 Å². The molecule has 0 spiro atoms. The molecule has 3 aromatic heterocycles. The summed E-state index contributed by atoms with van der Waals surface area (Å²) in [5, 5.41) is 8.35. The molecule has 2 fully saturated rings. The lowest BCUT2D eigenvalue weighted by Gasteiger charge is -2.34. The van der Waals surface area contributed by atoms with Crippen LogP contribution in [0.4, 0.5) is 20.2 Å². The number of H-pyrrole nitrogens is 2. The lowest BCUT2D eigenvalue weighted by molar-refractivity contribution is -0.0321. The summed E-state index contributed by atoms with van der Waals surface area (Å²) < 4.78 is 29.4. The van der Waals surface area contributed by atoms with Gasteiger partial charge in [-0.2, -0.15) is 0 Å². The highest BCUT2D eigenvalue weighted by Crippen LogP contribution is 2.36. The molecule has 2 aliphatic heterocycles. The van der Waals surface area contributed by atoms with Gasteiger partial charge in [0.1, 0.15) is 16.2 Å². The lowest BCUT2D eigenvalue weighted by Crippen LogP contribution is -2.53. The predicted molar refractivity (Wildman–Crippen MR) is 137 cm³/mol. The molecule has 35 heavy (non-hydrogen) atoms. The van der Waals surface area contributed by atoms with Gasteiger partial charge in [-0.25, -0.2) is 13.8 Å². The third-order valence-electron chi connectivity index (χ3n) is 7.01.